The van der Waals surface area contributed by atoms with Gasteiger partial charge in [-0.05, 0) is 56.7 Å². The SMILES string of the molecule is CC1CCN(C(=O)C2CCN(S(=O)(=O)c3ccc4c(c3)NC(=O)[C@H](C)O4)CC2)CC1. The Kier molecular flexibility index (Phi) is 5.76. The molecule has 164 valence electrons. The lowest BCUT2D eigenvalue weighted by atomic mass is 9.93. The summed E-state index contributed by atoms with van der Waals surface area (Å²) < 4.78 is 33.2. The first-order chi connectivity index (χ1) is 14.3. The van der Waals surface area contributed by atoms with Crippen LogP contribution in [0.15, 0.2) is 23.1 Å². The van der Waals surface area contributed by atoms with Gasteiger partial charge in [0.2, 0.25) is 15.9 Å². The summed E-state index contributed by atoms with van der Waals surface area (Å²) in [5.41, 5.74) is 0.364. The third kappa shape index (κ3) is 4.05. The van der Waals surface area contributed by atoms with Crippen molar-refractivity contribution in [2.75, 3.05) is 31.5 Å². The lowest BCUT2D eigenvalue weighted by Gasteiger charge is -2.36. The summed E-state index contributed by atoms with van der Waals surface area (Å²) >= 11 is 0. The highest BCUT2D eigenvalue weighted by Crippen LogP contribution is 2.34. The van der Waals surface area contributed by atoms with Crippen molar-refractivity contribution in [3.05, 3.63) is 18.2 Å². The fourth-order valence-corrected chi connectivity index (χ4v) is 5.82. The van der Waals surface area contributed by atoms with Crippen molar-refractivity contribution < 1.29 is 22.7 Å². The van der Waals surface area contributed by atoms with Gasteiger partial charge in [0, 0.05) is 32.1 Å². The largest absolute Gasteiger partial charge is 0.479 e. The molecule has 9 heteroatoms. The van der Waals surface area contributed by atoms with Gasteiger partial charge in [0.25, 0.3) is 5.91 Å². The maximum absolute atomic E-state index is 13.1. The maximum Gasteiger partial charge on any atom is 0.265 e. The lowest BCUT2D eigenvalue weighted by molar-refractivity contribution is -0.138. The van der Waals surface area contributed by atoms with Crippen LogP contribution < -0.4 is 10.1 Å². The molecule has 0 radical (unpaired) electrons. The van der Waals surface area contributed by atoms with E-state index in [9.17, 15) is 18.0 Å². The summed E-state index contributed by atoms with van der Waals surface area (Å²) in [6.07, 6.45) is 2.53. The summed E-state index contributed by atoms with van der Waals surface area (Å²) in [5, 5.41) is 2.69. The fourth-order valence-electron chi connectivity index (χ4n) is 4.33. The molecule has 0 bridgehead atoms. The van der Waals surface area contributed by atoms with Crippen molar-refractivity contribution in [1.82, 2.24) is 9.21 Å². The zero-order valence-corrected chi connectivity index (χ0v) is 18.3. The molecule has 30 heavy (non-hydrogen) atoms. The Morgan fingerprint density at radius 3 is 2.40 bits per heavy atom. The summed E-state index contributed by atoms with van der Waals surface area (Å²) in [4.78, 5) is 26.7. The van der Waals surface area contributed by atoms with Gasteiger partial charge in [-0.25, -0.2) is 8.42 Å². The molecule has 1 atom stereocenters. The Balaban J connectivity index is 1.41. The number of carbonyl (C=O) groups excluding carboxylic acids is 2. The van der Waals surface area contributed by atoms with E-state index in [1.54, 1.807) is 13.0 Å². The minimum Gasteiger partial charge on any atom is -0.479 e. The molecule has 0 saturated carbocycles. The number of nitrogens with zero attached hydrogens (tertiary/aromatic N) is 2. The molecule has 1 N–H and O–H groups in total. The van der Waals surface area contributed by atoms with Crippen LogP contribution in [0.2, 0.25) is 0 Å². The van der Waals surface area contributed by atoms with Gasteiger partial charge < -0.3 is 15.0 Å². The first-order valence-electron chi connectivity index (χ1n) is 10.7. The number of anilines is 1. The molecule has 4 rings (SSSR count). The molecule has 0 aromatic heterocycles. The number of piperidine rings is 2. The topological polar surface area (TPSA) is 96.0 Å². The molecule has 2 amide bonds. The van der Waals surface area contributed by atoms with Crippen LogP contribution in [0.25, 0.3) is 0 Å². The molecule has 3 aliphatic heterocycles. The van der Waals surface area contributed by atoms with Crippen molar-refractivity contribution in [1.29, 1.82) is 0 Å². The van der Waals surface area contributed by atoms with Crippen LogP contribution >= 0.6 is 0 Å². The van der Waals surface area contributed by atoms with Crippen LogP contribution in [0.5, 0.6) is 5.75 Å². The molecule has 0 unspecified atom stereocenters. The average Bonchev–Trinajstić information content (AvgIpc) is 2.74. The van der Waals surface area contributed by atoms with Crippen LogP contribution in [0, 0.1) is 11.8 Å². The molecule has 2 saturated heterocycles. The van der Waals surface area contributed by atoms with Crippen molar-refractivity contribution in [3.8, 4) is 5.75 Å². The van der Waals surface area contributed by atoms with E-state index in [1.807, 2.05) is 4.90 Å². The zero-order chi connectivity index (χ0) is 21.5. The Bertz CT molecular complexity index is 932. The van der Waals surface area contributed by atoms with Gasteiger partial charge in [-0.3, -0.25) is 9.59 Å². The zero-order valence-electron chi connectivity index (χ0n) is 17.5. The number of sulfonamides is 1. The van der Waals surface area contributed by atoms with Gasteiger partial charge in [-0.15, -0.1) is 0 Å². The first-order valence-corrected chi connectivity index (χ1v) is 12.1. The average molecular weight is 436 g/mol. The Labute approximate surface area is 177 Å². The number of benzene rings is 1. The predicted molar refractivity (Wildman–Crippen MR) is 112 cm³/mol. The van der Waals surface area contributed by atoms with Crippen molar-refractivity contribution in [3.63, 3.8) is 0 Å². The molecular formula is C21H29N3O5S. The molecule has 0 aliphatic carbocycles. The number of nitrogens with one attached hydrogen (secondary N) is 1. The Morgan fingerprint density at radius 1 is 1.07 bits per heavy atom. The van der Waals surface area contributed by atoms with Gasteiger partial charge in [-0.1, -0.05) is 6.92 Å². The van der Waals surface area contributed by atoms with Gasteiger partial charge in [0.15, 0.2) is 6.10 Å². The third-order valence-corrected chi connectivity index (χ3v) is 8.31. The summed E-state index contributed by atoms with van der Waals surface area (Å²) in [6.45, 7) is 6.10. The van der Waals surface area contributed by atoms with Crippen LogP contribution in [0.3, 0.4) is 0 Å². The van der Waals surface area contributed by atoms with E-state index >= 15 is 0 Å². The van der Waals surface area contributed by atoms with E-state index in [4.69, 9.17) is 4.74 Å². The summed E-state index contributed by atoms with van der Waals surface area (Å²) in [7, 11) is -3.71. The molecule has 1 aromatic rings. The minimum absolute atomic E-state index is 0.109. The van der Waals surface area contributed by atoms with Crippen LogP contribution in [-0.4, -0.2) is 61.7 Å². The van der Waals surface area contributed by atoms with Crippen LogP contribution in [-0.2, 0) is 19.6 Å². The minimum atomic E-state index is -3.71. The van der Waals surface area contributed by atoms with Crippen molar-refractivity contribution in [2.24, 2.45) is 11.8 Å². The molecule has 3 heterocycles. The highest BCUT2D eigenvalue weighted by Gasteiger charge is 2.35. The Hall–Kier alpha value is -2.13. The smallest absolute Gasteiger partial charge is 0.265 e. The standard InChI is InChI=1S/C21H29N3O5S/c1-14-5-9-23(10-6-14)21(26)16-7-11-24(12-8-16)30(27,28)17-3-4-19-18(13-17)22-20(25)15(2)29-19/h3-4,13-16H,5-12H2,1-2H3,(H,22,25)/t15-/m0/s1. The number of hydrogen-bond donors (Lipinski definition) is 1. The number of fused-ring (bicyclic) bond motifs is 1. The molecular weight excluding hydrogens is 406 g/mol. The van der Waals surface area contributed by atoms with E-state index in [1.165, 1.54) is 16.4 Å². The summed E-state index contributed by atoms with van der Waals surface area (Å²) in [6, 6.07) is 4.52. The number of rotatable bonds is 3. The van der Waals surface area contributed by atoms with E-state index < -0.39 is 16.1 Å². The second-order valence-corrected chi connectivity index (χ2v) is 10.5. The van der Waals surface area contributed by atoms with Gasteiger partial charge in [-0.2, -0.15) is 4.31 Å². The summed E-state index contributed by atoms with van der Waals surface area (Å²) in [5.74, 6) is 0.880. The van der Waals surface area contributed by atoms with Crippen molar-refractivity contribution in [2.45, 2.75) is 50.5 Å². The normalized spacial score (nSPS) is 24.1. The number of ether oxygens (including phenoxy) is 1. The van der Waals surface area contributed by atoms with E-state index in [0.717, 1.165) is 25.9 Å². The number of amides is 2. The third-order valence-electron chi connectivity index (χ3n) is 6.42. The van der Waals surface area contributed by atoms with E-state index in [0.29, 0.717) is 43.3 Å². The molecule has 1 aromatic carbocycles. The molecule has 2 fully saturated rings. The monoisotopic (exact) mass is 435 g/mol. The molecule has 0 spiro atoms. The number of carbonyl (C=O) groups is 2. The maximum atomic E-state index is 13.1. The highest BCUT2D eigenvalue weighted by atomic mass is 32.2. The number of hydrogen-bond acceptors (Lipinski definition) is 5. The van der Waals surface area contributed by atoms with Gasteiger partial charge in [0.1, 0.15) is 5.75 Å². The second kappa shape index (κ2) is 8.19. The van der Waals surface area contributed by atoms with Crippen LogP contribution in [0.1, 0.15) is 39.5 Å². The number of likely N-dealkylation sites (tertiary alicyclic amines) is 1. The second-order valence-electron chi connectivity index (χ2n) is 8.59. The first kappa shape index (κ1) is 21.1. The molecule has 8 nitrogen and oxygen atoms in total. The van der Waals surface area contributed by atoms with E-state index in [2.05, 4.69) is 12.2 Å². The lowest BCUT2D eigenvalue weighted by Crippen LogP contribution is -2.46. The predicted octanol–water partition coefficient (Wildman–Crippen LogP) is 2.07. The quantitative estimate of drug-likeness (QED) is 0.784. The van der Waals surface area contributed by atoms with E-state index in [-0.39, 0.29) is 22.6 Å². The fraction of sp³-hybridized carbons (Fsp3) is 0.619. The highest BCUT2D eigenvalue weighted by molar-refractivity contribution is 7.89. The van der Waals surface area contributed by atoms with Gasteiger partial charge >= 0.3 is 0 Å². The van der Waals surface area contributed by atoms with Crippen LogP contribution in [0.4, 0.5) is 5.69 Å². The molecule has 3 aliphatic rings. The Morgan fingerprint density at radius 2 is 1.73 bits per heavy atom. The van der Waals surface area contributed by atoms with Gasteiger partial charge in [0.05, 0.1) is 10.6 Å². The van der Waals surface area contributed by atoms with Crippen molar-refractivity contribution >= 4 is 27.5 Å².